The number of hydrogen-bond acceptors (Lipinski definition) is 3. The number of nitrogens with two attached hydrogens (primary N) is 1. The average Bonchev–Trinajstić information content (AvgIpc) is 2.31. The minimum Gasteiger partial charge on any atom is -0.399 e. The number of nitrogen functional groups attached to an aromatic ring is 1. The topological polar surface area (TPSA) is 38.5 Å². The summed E-state index contributed by atoms with van der Waals surface area (Å²) in [5, 5.41) is 0. The fourth-order valence-electron chi connectivity index (χ4n) is 1.59. The first-order valence-corrected chi connectivity index (χ1v) is 6.32. The minimum absolute atomic E-state index is 0.716. The van der Waals surface area contributed by atoms with Gasteiger partial charge in [-0.3, -0.25) is 4.90 Å². The monoisotopic (exact) mass is 298 g/mol. The minimum atomic E-state index is 0.716. The first kappa shape index (κ1) is 14.2. The highest BCUT2D eigenvalue weighted by molar-refractivity contribution is 9.10. The summed E-state index contributed by atoms with van der Waals surface area (Å²) in [7, 11) is 1.71. The highest BCUT2D eigenvalue weighted by Gasteiger charge is 2.07. The van der Waals surface area contributed by atoms with Gasteiger partial charge in [-0.1, -0.05) is 22.0 Å². The van der Waals surface area contributed by atoms with Crippen LogP contribution >= 0.6 is 15.9 Å². The summed E-state index contributed by atoms with van der Waals surface area (Å²) in [6, 6.07) is 5.86. The zero-order valence-electron chi connectivity index (χ0n) is 10.2. The molecule has 1 aromatic carbocycles. The Balaban J connectivity index is 2.70. The zero-order chi connectivity index (χ0) is 12.7. The van der Waals surface area contributed by atoms with Gasteiger partial charge >= 0.3 is 0 Å². The van der Waals surface area contributed by atoms with Gasteiger partial charge in [-0.25, -0.2) is 0 Å². The summed E-state index contributed by atoms with van der Waals surface area (Å²) in [6.07, 6.45) is 1.90. The van der Waals surface area contributed by atoms with Gasteiger partial charge in [-0.2, -0.15) is 0 Å². The van der Waals surface area contributed by atoms with Gasteiger partial charge in [0.25, 0.3) is 0 Å². The van der Waals surface area contributed by atoms with E-state index in [9.17, 15) is 0 Å². The van der Waals surface area contributed by atoms with E-state index in [0.717, 1.165) is 29.8 Å². The van der Waals surface area contributed by atoms with Crippen LogP contribution in [0.25, 0.3) is 0 Å². The van der Waals surface area contributed by atoms with Crippen molar-refractivity contribution in [2.24, 2.45) is 0 Å². The highest BCUT2D eigenvalue weighted by atomic mass is 79.9. The van der Waals surface area contributed by atoms with Crippen molar-refractivity contribution in [3.8, 4) is 0 Å². The summed E-state index contributed by atoms with van der Waals surface area (Å²) >= 11 is 3.54. The van der Waals surface area contributed by atoms with Gasteiger partial charge in [-0.15, -0.1) is 6.58 Å². The molecular formula is C13H19BrN2O. The van der Waals surface area contributed by atoms with Crippen LogP contribution in [-0.4, -0.2) is 31.7 Å². The van der Waals surface area contributed by atoms with Gasteiger partial charge in [0.05, 0.1) is 6.61 Å². The van der Waals surface area contributed by atoms with Crippen molar-refractivity contribution in [2.45, 2.75) is 6.54 Å². The molecule has 0 aliphatic rings. The Morgan fingerprint density at radius 3 is 2.94 bits per heavy atom. The molecule has 3 nitrogen and oxygen atoms in total. The Morgan fingerprint density at radius 1 is 1.53 bits per heavy atom. The molecule has 0 amide bonds. The van der Waals surface area contributed by atoms with Crippen LogP contribution < -0.4 is 5.73 Å². The molecular weight excluding hydrogens is 280 g/mol. The molecule has 17 heavy (non-hydrogen) atoms. The molecule has 0 spiro atoms. The molecule has 94 valence electrons. The second-order valence-electron chi connectivity index (χ2n) is 3.87. The second kappa shape index (κ2) is 7.48. The van der Waals surface area contributed by atoms with Crippen LogP contribution in [0.5, 0.6) is 0 Å². The van der Waals surface area contributed by atoms with Crippen molar-refractivity contribution >= 4 is 21.6 Å². The predicted molar refractivity (Wildman–Crippen MR) is 75.9 cm³/mol. The van der Waals surface area contributed by atoms with Crippen molar-refractivity contribution in [1.29, 1.82) is 0 Å². The molecule has 0 saturated carbocycles. The van der Waals surface area contributed by atoms with Crippen molar-refractivity contribution in [3.63, 3.8) is 0 Å². The Morgan fingerprint density at radius 2 is 2.29 bits per heavy atom. The molecule has 0 aromatic heterocycles. The van der Waals surface area contributed by atoms with E-state index in [1.165, 1.54) is 5.56 Å². The number of halogens is 1. The molecule has 0 heterocycles. The molecule has 1 aromatic rings. The molecule has 0 unspecified atom stereocenters. The van der Waals surface area contributed by atoms with Gasteiger partial charge in [0, 0.05) is 36.9 Å². The fraction of sp³-hybridized carbons (Fsp3) is 0.385. The molecule has 0 atom stereocenters. The number of hydrogen-bond donors (Lipinski definition) is 1. The van der Waals surface area contributed by atoms with Gasteiger partial charge in [0.15, 0.2) is 0 Å². The van der Waals surface area contributed by atoms with Crippen molar-refractivity contribution < 1.29 is 4.74 Å². The second-order valence-corrected chi connectivity index (χ2v) is 4.72. The summed E-state index contributed by atoms with van der Waals surface area (Å²) in [6.45, 7) is 7.04. The van der Waals surface area contributed by atoms with E-state index in [0.29, 0.717) is 6.61 Å². The standard InChI is InChI=1S/C13H19BrN2O/c1-3-6-16(7-8-17-2)10-11-9-12(15)4-5-13(11)14/h3-5,9H,1,6-8,10,15H2,2H3. The highest BCUT2D eigenvalue weighted by Crippen LogP contribution is 2.21. The first-order chi connectivity index (χ1) is 8.17. The Kier molecular flexibility index (Phi) is 6.26. The van der Waals surface area contributed by atoms with Crippen LogP contribution in [0.15, 0.2) is 35.3 Å². The average molecular weight is 299 g/mol. The van der Waals surface area contributed by atoms with Crippen molar-refractivity contribution in [3.05, 3.63) is 40.9 Å². The van der Waals surface area contributed by atoms with E-state index in [-0.39, 0.29) is 0 Å². The molecule has 0 bridgehead atoms. The summed E-state index contributed by atoms with van der Waals surface area (Å²) in [5.74, 6) is 0. The van der Waals surface area contributed by atoms with Crippen molar-refractivity contribution in [2.75, 3.05) is 32.5 Å². The maximum absolute atomic E-state index is 5.79. The van der Waals surface area contributed by atoms with Gasteiger partial charge in [-0.05, 0) is 23.8 Å². The van der Waals surface area contributed by atoms with E-state index in [2.05, 4.69) is 27.4 Å². The number of nitrogens with zero attached hydrogens (tertiary/aromatic N) is 1. The quantitative estimate of drug-likeness (QED) is 0.621. The third kappa shape index (κ3) is 4.89. The fourth-order valence-corrected chi connectivity index (χ4v) is 1.97. The van der Waals surface area contributed by atoms with Gasteiger partial charge in [0.1, 0.15) is 0 Å². The third-order valence-electron chi connectivity index (χ3n) is 2.46. The number of ether oxygens (including phenoxy) is 1. The Hall–Kier alpha value is -0.840. The molecule has 4 heteroatoms. The summed E-state index contributed by atoms with van der Waals surface area (Å²) in [4.78, 5) is 2.26. The number of rotatable bonds is 7. The predicted octanol–water partition coefficient (Wildman–Crippen LogP) is 2.67. The van der Waals surface area contributed by atoms with E-state index >= 15 is 0 Å². The molecule has 2 N–H and O–H groups in total. The SMILES string of the molecule is C=CCN(CCOC)Cc1cc(N)ccc1Br. The van der Waals surface area contributed by atoms with Crippen LogP contribution in [0.3, 0.4) is 0 Å². The lowest BCUT2D eigenvalue weighted by atomic mass is 10.2. The summed E-state index contributed by atoms with van der Waals surface area (Å²) < 4.78 is 6.18. The Labute approximate surface area is 111 Å². The number of anilines is 1. The first-order valence-electron chi connectivity index (χ1n) is 5.53. The largest absolute Gasteiger partial charge is 0.399 e. The van der Waals surface area contributed by atoms with Crippen LogP contribution in [-0.2, 0) is 11.3 Å². The number of benzene rings is 1. The lowest BCUT2D eigenvalue weighted by molar-refractivity contribution is 0.151. The third-order valence-corrected chi connectivity index (χ3v) is 3.24. The normalized spacial score (nSPS) is 10.8. The van der Waals surface area contributed by atoms with Crippen molar-refractivity contribution in [1.82, 2.24) is 4.90 Å². The van der Waals surface area contributed by atoms with E-state index in [1.807, 2.05) is 24.3 Å². The summed E-state index contributed by atoms with van der Waals surface area (Å²) in [5.41, 5.74) is 7.76. The molecule has 0 radical (unpaired) electrons. The van der Waals surface area contributed by atoms with Crippen LogP contribution in [0, 0.1) is 0 Å². The van der Waals surface area contributed by atoms with Crippen LogP contribution in [0.2, 0.25) is 0 Å². The van der Waals surface area contributed by atoms with Gasteiger partial charge in [0.2, 0.25) is 0 Å². The maximum atomic E-state index is 5.79. The molecule has 1 rings (SSSR count). The van der Waals surface area contributed by atoms with E-state index in [1.54, 1.807) is 7.11 Å². The van der Waals surface area contributed by atoms with Gasteiger partial charge < -0.3 is 10.5 Å². The zero-order valence-corrected chi connectivity index (χ0v) is 11.7. The molecule has 0 saturated heterocycles. The smallest absolute Gasteiger partial charge is 0.0589 e. The van der Waals surface area contributed by atoms with Crippen LogP contribution in [0.1, 0.15) is 5.56 Å². The maximum Gasteiger partial charge on any atom is 0.0589 e. The van der Waals surface area contributed by atoms with E-state index in [4.69, 9.17) is 10.5 Å². The number of methoxy groups -OCH3 is 1. The lowest BCUT2D eigenvalue weighted by Gasteiger charge is -2.21. The van der Waals surface area contributed by atoms with Crippen LogP contribution in [0.4, 0.5) is 5.69 Å². The molecule has 0 aliphatic carbocycles. The lowest BCUT2D eigenvalue weighted by Crippen LogP contribution is -2.27. The molecule has 0 fully saturated rings. The molecule has 0 aliphatic heterocycles. The van der Waals surface area contributed by atoms with E-state index < -0.39 is 0 Å². The Bertz CT molecular complexity index is 368.